The van der Waals surface area contributed by atoms with Gasteiger partial charge in [0.05, 0.1) is 24.5 Å². The second kappa shape index (κ2) is 13.1. The van der Waals surface area contributed by atoms with Crippen molar-refractivity contribution >= 4 is 15.8 Å². The van der Waals surface area contributed by atoms with Gasteiger partial charge in [-0.2, -0.15) is 0 Å². The van der Waals surface area contributed by atoms with Crippen LogP contribution in [0.5, 0.6) is 0 Å². The number of esters is 1. The number of hydrogen-bond donors (Lipinski definition) is 1. The van der Waals surface area contributed by atoms with Crippen LogP contribution in [0.15, 0.2) is 35.5 Å². The molecule has 0 radical (unpaired) electrons. The molecule has 0 bridgehead atoms. The van der Waals surface area contributed by atoms with E-state index >= 15 is 0 Å². The van der Waals surface area contributed by atoms with Gasteiger partial charge in [0.25, 0.3) is 0 Å². The first-order valence-electron chi connectivity index (χ1n) is 20.4. The minimum Gasteiger partial charge on any atom is -0.469 e. The van der Waals surface area contributed by atoms with E-state index in [1.54, 1.807) is 5.57 Å². The molecule has 5 fully saturated rings. The average Bonchev–Trinajstić information content (AvgIpc) is 3.46. The van der Waals surface area contributed by atoms with Crippen LogP contribution in [0, 0.1) is 63.6 Å². The summed E-state index contributed by atoms with van der Waals surface area (Å²) in [6, 6.07) is 0. The summed E-state index contributed by atoms with van der Waals surface area (Å²) < 4.78 is 29.1. The van der Waals surface area contributed by atoms with Gasteiger partial charge in [-0.15, -0.1) is 0 Å². The number of nitrogens with one attached hydrogen (secondary N) is 1. The third-order valence-electron chi connectivity index (χ3n) is 16.8. The first-order valence-corrected chi connectivity index (χ1v) is 22.2. The second-order valence-electron chi connectivity index (χ2n) is 19.5. The zero-order valence-electron chi connectivity index (χ0n) is 32.5. The molecule has 0 amide bonds. The van der Waals surface area contributed by atoms with Gasteiger partial charge in [0.2, 0.25) is 0 Å². The second-order valence-corrected chi connectivity index (χ2v) is 21.8. The molecule has 280 valence electrons. The van der Waals surface area contributed by atoms with E-state index < -0.39 is 9.84 Å². The maximum Gasteiger partial charge on any atom is 0.308 e. The number of hydrogen-bond acceptors (Lipinski definition) is 6. The summed E-state index contributed by atoms with van der Waals surface area (Å²) in [6.07, 6.45) is 18.0. The molecule has 6 aliphatic carbocycles. The zero-order valence-corrected chi connectivity index (χ0v) is 33.3. The summed E-state index contributed by atoms with van der Waals surface area (Å²) in [7, 11) is -1.33. The minimum atomic E-state index is -2.85. The molecule has 1 heterocycles. The quantitative estimate of drug-likeness (QED) is 0.214. The lowest BCUT2D eigenvalue weighted by atomic mass is 9.36. The van der Waals surface area contributed by atoms with Crippen molar-refractivity contribution in [3.8, 4) is 0 Å². The van der Waals surface area contributed by atoms with Crippen LogP contribution in [0.2, 0.25) is 0 Å². The number of carbonyl (C=O) groups is 1. The van der Waals surface area contributed by atoms with Crippen LogP contribution in [0.1, 0.15) is 112 Å². The van der Waals surface area contributed by atoms with E-state index in [1.165, 1.54) is 69.6 Å². The van der Waals surface area contributed by atoms with Gasteiger partial charge in [0.1, 0.15) is 0 Å². The average molecular weight is 709 g/mol. The Morgan fingerprint density at radius 2 is 1.68 bits per heavy atom. The smallest absolute Gasteiger partial charge is 0.308 e. The Hall–Kier alpha value is -1.44. The van der Waals surface area contributed by atoms with Gasteiger partial charge in [-0.3, -0.25) is 4.79 Å². The van der Waals surface area contributed by atoms with Crippen molar-refractivity contribution in [1.82, 2.24) is 10.2 Å². The highest BCUT2D eigenvalue weighted by Gasteiger charge is 2.67. The molecule has 0 spiro atoms. The third-order valence-corrected chi connectivity index (χ3v) is 18.4. The molecule has 4 saturated carbocycles. The molecule has 1 saturated heterocycles. The van der Waals surface area contributed by atoms with Crippen LogP contribution >= 0.6 is 0 Å². The number of fused-ring (bicyclic) bond motifs is 7. The van der Waals surface area contributed by atoms with Crippen LogP contribution in [0.4, 0.5) is 0 Å². The molecule has 6 nitrogen and oxygen atoms in total. The molecule has 0 aromatic carbocycles. The maximum absolute atomic E-state index is 12.3. The molecule has 7 aliphatic rings. The number of allylic oxidation sites excluding steroid dienone is 5. The number of carbonyl (C=O) groups excluding carboxylic acids is 1. The van der Waals surface area contributed by atoms with E-state index in [9.17, 15) is 13.2 Å². The van der Waals surface area contributed by atoms with Crippen molar-refractivity contribution in [3.63, 3.8) is 0 Å². The summed E-state index contributed by atoms with van der Waals surface area (Å²) >= 11 is 0. The highest BCUT2D eigenvalue weighted by Crippen LogP contribution is 2.73. The lowest BCUT2D eigenvalue weighted by molar-refractivity contribution is -0.190. The number of rotatable bonds is 7. The fourth-order valence-electron chi connectivity index (χ4n) is 14.4. The van der Waals surface area contributed by atoms with Gasteiger partial charge in [0.15, 0.2) is 9.84 Å². The molecule has 50 heavy (non-hydrogen) atoms. The summed E-state index contributed by atoms with van der Waals surface area (Å²) in [6.45, 7) is 23.3. The highest BCUT2D eigenvalue weighted by atomic mass is 32.2. The maximum atomic E-state index is 12.3. The fourth-order valence-corrected chi connectivity index (χ4v) is 15.7. The number of methoxy groups -OCH3 is 1. The number of sulfone groups is 1. The standard InChI is InChI=1S/C43H68N2O4S/c1-28(2)32-15-18-43(44-21-22-45-23-25-50(47,48)26-24-45)20-19-42(7)35(38(32)43)14-13-34-37(42)29(3)27-36-40(4,5)33(16-17-41(34,36)6)30-9-11-31(12-10-30)39(46)49-8/h9,16,29,31-32,34-38,44H,1,10-15,17-27H2,2-8H3/t29-,31?,32-,34?,35+,36?,37?,38?,41+,42+,43-/m0/s1. The van der Waals surface area contributed by atoms with Gasteiger partial charge in [0, 0.05) is 31.7 Å². The van der Waals surface area contributed by atoms with Crippen molar-refractivity contribution in [2.45, 2.75) is 118 Å². The highest BCUT2D eigenvalue weighted by molar-refractivity contribution is 7.91. The van der Waals surface area contributed by atoms with E-state index in [4.69, 9.17) is 4.74 Å². The molecular formula is C43H68N2O4S. The normalized spacial score (nSPS) is 45.2. The van der Waals surface area contributed by atoms with Crippen molar-refractivity contribution in [1.29, 1.82) is 0 Å². The predicted molar refractivity (Wildman–Crippen MR) is 203 cm³/mol. The van der Waals surface area contributed by atoms with Crippen molar-refractivity contribution in [3.05, 3.63) is 35.5 Å². The Kier molecular flexibility index (Phi) is 9.70. The summed E-state index contributed by atoms with van der Waals surface area (Å²) in [5, 5.41) is 4.22. The zero-order chi connectivity index (χ0) is 35.9. The molecule has 1 aliphatic heterocycles. The van der Waals surface area contributed by atoms with E-state index in [0.29, 0.717) is 59.1 Å². The Labute approximate surface area is 304 Å². The van der Waals surface area contributed by atoms with Crippen LogP contribution < -0.4 is 5.32 Å². The van der Waals surface area contributed by atoms with E-state index in [1.807, 2.05) is 0 Å². The van der Waals surface area contributed by atoms with Crippen LogP contribution in [0.25, 0.3) is 0 Å². The Morgan fingerprint density at radius 3 is 2.32 bits per heavy atom. The van der Waals surface area contributed by atoms with Crippen LogP contribution in [-0.2, 0) is 19.4 Å². The fraction of sp³-hybridized carbons (Fsp3) is 0.837. The third kappa shape index (κ3) is 5.94. The van der Waals surface area contributed by atoms with Gasteiger partial charge < -0.3 is 15.0 Å². The SMILES string of the molecule is C=C(C)[C@@H]1CC[C@]2(NCCN3CCS(=O)(=O)CC3)CC[C@@]3(C)C4C(CC[C@@H]3C12)[C@@]1(C)CC=C(C2=CCC(C(=O)OC)CC2)C(C)(C)C1C[C@@H]4C. The number of ether oxygens (including phenoxy) is 1. The predicted octanol–water partition coefficient (Wildman–Crippen LogP) is 8.01. The molecule has 0 aromatic rings. The van der Waals surface area contributed by atoms with Crippen molar-refractivity contribution in [2.75, 3.05) is 44.8 Å². The summed E-state index contributed by atoms with van der Waals surface area (Å²) in [5.74, 6) is 5.39. The Bertz CT molecular complexity index is 1520. The monoisotopic (exact) mass is 708 g/mol. The van der Waals surface area contributed by atoms with E-state index in [2.05, 4.69) is 70.5 Å². The van der Waals surface area contributed by atoms with E-state index in [0.717, 1.165) is 50.1 Å². The molecule has 7 rings (SSSR count). The van der Waals surface area contributed by atoms with E-state index in [-0.39, 0.29) is 22.8 Å². The van der Waals surface area contributed by atoms with Gasteiger partial charge in [-0.1, -0.05) is 58.9 Å². The molecule has 0 aromatic heterocycles. The van der Waals surface area contributed by atoms with Crippen molar-refractivity contribution in [2.24, 2.45) is 63.6 Å². The molecule has 1 N–H and O–H groups in total. The summed E-state index contributed by atoms with van der Waals surface area (Å²) in [4.78, 5) is 14.6. The lowest BCUT2D eigenvalue weighted by Crippen LogP contribution is -2.66. The molecule has 11 atom stereocenters. The first-order chi connectivity index (χ1) is 23.6. The largest absolute Gasteiger partial charge is 0.469 e. The Balaban J connectivity index is 1.12. The van der Waals surface area contributed by atoms with Gasteiger partial charge in [-0.05, 0) is 146 Å². The van der Waals surface area contributed by atoms with Gasteiger partial charge >= 0.3 is 5.97 Å². The molecule has 7 heteroatoms. The molecular weight excluding hydrogens is 641 g/mol. The molecule has 5 unspecified atom stereocenters. The topological polar surface area (TPSA) is 75.7 Å². The number of nitrogens with zero attached hydrogens (tertiary/aromatic N) is 1. The first kappa shape index (κ1) is 36.9. The summed E-state index contributed by atoms with van der Waals surface area (Å²) in [5.41, 5.74) is 5.40. The van der Waals surface area contributed by atoms with Crippen LogP contribution in [0.3, 0.4) is 0 Å². The Morgan fingerprint density at radius 1 is 0.980 bits per heavy atom. The van der Waals surface area contributed by atoms with Gasteiger partial charge in [-0.25, -0.2) is 8.42 Å². The van der Waals surface area contributed by atoms with Crippen molar-refractivity contribution < 1.29 is 17.9 Å². The lowest BCUT2D eigenvalue weighted by Gasteiger charge is -2.69. The van der Waals surface area contributed by atoms with Crippen LogP contribution in [-0.4, -0.2) is 69.6 Å². The minimum absolute atomic E-state index is 0.0114.